The molecule has 1 aromatic carbocycles. The van der Waals surface area contributed by atoms with Gasteiger partial charge in [0.05, 0.1) is 12.9 Å². The Labute approximate surface area is 106 Å². The van der Waals surface area contributed by atoms with Crippen LogP contribution in [0.25, 0.3) is 6.08 Å². The van der Waals surface area contributed by atoms with E-state index in [0.717, 1.165) is 5.56 Å². The number of benzene rings is 1. The van der Waals surface area contributed by atoms with Crippen LogP contribution in [-0.4, -0.2) is 19.0 Å². The van der Waals surface area contributed by atoms with E-state index in [1.54, 1.807) is 12.1 Å². The van der Waals surface area contributed by atoms with E-state index in [1.165, 1.54) is 6.26 Å². The van der Waals surface area contributed by atoms with E-state index in [-0.39, 0.29) is 12.4 Å². The zero-order valence-electron chi connectivity index (χ0n) is 9.91. The lowest BCUT2D eigenvalue weighted by molar-refractivity contribution is 0.0779. The number of ketones is 1. The Kier molecular flexibility index (Phi) is 4.50. The van der Waals surface area contributed by atoms with Crippen LogP contribution in [0.4, 0.5) is 0 Å². The fourth-order valence-electron chi connectivity index (χ4n) is 1.48. The molecule has 0 radical (unpaired) electrons. The molecule has 0 amide bonds. The highest BCUT2D eigenvalue weighted by Gasteiger charge is 2.07. The van der Waals surface area contributed by atoms with Gasteiger partial charge in [-0.15, -0.1) is 0 Å². The molecule has 2 rings (SSSR count). The number of rotatable bonds is 6. The average Bonchev–Trinajstić information content (AvgIpc) is 2.93. The molecule has 0 N–H and O–H groups in total. The highest BCUT2D eigenvalue weighted by atomic mass is 16.5. The Morgan fingerprint density at radius 3 is 2.72 bits per heavy atom. The number of hydrogen-bond acceptors (Lipinski definition) is 3. The van der Waals surface area contributed by atoms with Crippen molar-refractivity contribution < 1.29 is 13.9 Å². The lowest BCUT2D eigenvalue weighted by Crippen LogP contribution is -2.07. The molecule has 0 unspecified atom stereocenters. The zero-order chi connectivity index (χ0) is 12.6. The lowest BCUT2D eigenvalue weighted by Gasteiger charge is -1.98. The molecule has 0 atom stereocenters. The van der Waals surface area contributed by atoms with Crippen LogP contribution < -0.4 is 0 Å². The Morgan fingerprint density at radius 2 is 2.00 bits per heavy atom. The minimum absolute atomic E-state index is 0.0344. The van der Waals surface area contributed by atoms with Gasteiger partial charge >= 0.3 is 0 Å². The van der Waals surface area contributed by atoms with Gasteiger partial charge in [0.2, 0.25) is 5.78 Å². The van der Waals surface area contributed by atoms with Gasteiger partial charge in [-0.3, -0.25) is 4.79 Å². The van der Waals surface area contributed by atoms with Crippen molar-refractivity contribution in [1.29, 1.82) is 0 Å². The third kappa shape index (κ3) is 3.71. The largest absolute Gasteiger partial charge is 0.461 e. The van der Waals surface area contributed by atoms with E-state index >= 15 is 0 Å². The predicted octanol–water partition coefficient (Wildman–Crippen LogP) is 3.19. The van der Waals surface area contributed by atoms with E-state index < -0.39 is 0 Å². The summed E-state index contributed by atoms with van der Waals surface area (Å²) >= 11 is 0. The summed E-state index contributed by atoms with van der Waals surface area (Å²) in [6.45, 7) is 0.438. The number of carbonyl (C=O) groups excluding carboxylic acids is 1. The third-order valence-electron chi connectivity index (χ3n) is 2.35. The summed E-state index contributed by atoms with van der Waals surface area (Å²) in [5.74, 6) is 0.190. The highest BCUT2D eigenvalue weighted by molar-refractivity contribution is 5.94. The molecule has 0 aliphatic rings. The number of Topliss-reactive ketones (excluding diaryl/α,β-unsaturated/α-hetero) is 1. The van der Waals surface area contributed by atoms with Crippen LogP contribution in [0, 0.1) is 0 Å². The average molecular weight is 242 g/mol. The summed E-state index contributed by atoms with van der Waals surface area (Å²) in [4.78, 5) is 11.5. The van der Waals surface area contributed by atoms with Crippen molar-refractivity contribution >= 4 is 11.9 Å². The van der Waals surface area contributed by atoms with Crippen molar-refractivity contribution in [3.05, 3.63) is 66.1 Å². The first kappa shape index (κ1) is 12.3. The molecule has 0 fully saturated rings. The lowest BCUT2D eigenvalue weighted by atomic mass is 10.2. The second kappa shape index (κ2) is 6.57. The first-order valence-electron chi connectivity index (χ1n) is 5.72. The van der Waals surface area contributed by atoms with E-state index in [0.29, 0.717) is 12.4 Å². The van der Waals surface area contributed by atoms with Crippen molar-refractivity contribution in [2.45, 2.75) is 0 Å². The summed E-state index contributed by atoms with van der Waals surface area (Å²) in [6, 6.07) is 13.2. The van der Waals surface area contributed by atoms with Gasteiger partial charge in [0.25, 0.3) is 0 Å². The number of hydrogen-bond donors (Lipinski definition) is 0. The van der Waals surface area contributed by atoms with Crippen LogP contribution >= 0.6 is 0 Å². The van der Waals surface area contributed by atoms with Gasteiger partial charge in [-0.25, -0.2) is 0 Å². The van der Waals surface area contributed by atoms with Crippen LogP contribution in [0.15, 0.2) is 59.2 Å². The molecule has 0 saturated heterocycles. The normalized spacial score (nSPS) is 10.9. The van der Waals surface area contributed by atoms with Gasteiger partial charge in [0.15, 0.2) is 5.76 Å². The van der Waals surface area contributed by atoms with Crippen LogP contribution in [-0.2, 0) is 4.74 Å². The molecule has 1 aromatic heterocycles. The molecule has 18 heavy (non-hydrogen) atoms. The summed E-state index contributed by atoms with van der Waals surface area (Å²) in [5.41, 5.74) is 1.11. The van der Waals surface area contributed by atoms with Gasteiger partial charge in [-0.2, -0.15) is 0 Å². The van der Waals surface area contributed by atoms with Crippen molar-refractivity contribution in [3.8, 4) is 0 Å². The molecule has 0 spiro atoms. The Hall–Kier alpha value is -2.13. The topological polar surface area (TPSA) is 39.4 Å². The monoisotopic (exact) mass is 242 g/mol. The molecule has 0 saturated carbocycles. The molecular weight excluding hydrogens is 228 g/mol. The molecule has 3 heteroatoms. The second-order valence-electron chi connectivity index (χ2n) is 3.73. The summed E-state index contributed by atoms with van der Waals surface area (Å²) in [7, 11) is 0. The van der Waals surface area contributed by atoms with E-state index in [9.17, 15) is 4.79 Å². The Balaban J connectivity index is 1.70. The summed E-state index contributed by atoms with van der Waals surface area (Å²) in [5, 5.41) is 0. The number of furan rings is 1. The van der Waals surface area contributed by atoms with Gasteiger partial charge in [-0.05, 0) is 17.7 Å². The van der Waals surface area contributed by atoms with E-state index in [2.05, 4.69) is 0 Å². The molecule has 2 aromatic rings. The summed E-state index contributed by atoms with van der Waals surface area (Å²) in [6.07, 6.45) is 5.31. The fourth-order valence-corrected chi connectivity index (χ4v) is 1.48. The van der Waals surface area contributed by atoms with Gasteiger partial charge < -0.3 is 9.15 Å². The van der Waals surface area contributed by atoms with Crippen LogP contribution in [0.1, 0.15) is 16.1 Å². The maximum atomic E-state index is 11.5. The minimum Gasteiger partial charge on any atom is -0.461 e. The Morgan fingerprint density at radius 1 is 1.17 bits per heavy atom. The third-order valence-corrected chi connectivity index (χ3v) is 2.35. The van der Waals surface area contributed by atoms with Crippen molar-refractivity contribution in [2.75, 3.05) is 13.2 Å². The van der Waals surface area contributed by atoms with Crippen LogP contribution in [0.5, 0.6) is 0 Å². The zero-order valence-corrected chi connectivity index (χ0v) is 9.91. The summed E-state index contributed by atoms with van der Waals surface area (Å²) < 4.78 is 10.2. The molecule has 92 valence electrons. The first-order valence-corrected chi connectivity index (χ1v) is 5.72. The van der Waals surface area contributed by atoms with Crippen LogP contribution in [0.3, 0.4) is 0 Å². The smallest absolute Gasteiger partial charge is 0.223 e. The van der Waals surface area contributed by atoms with Gasteiger partial charge in [0, 0.05) is 0 Å². The Bertz CT molecular complexity index is 498. The molecule has 3 nitrogen and oxygen atoms in total. The quantitative estimate of drug-likeness (QED) is 0.577. The molecule has 0 bridgehead atoms. The standard InChI is InChI=1S/C15H14O3/c16-14(15-9-5-11-18-15)12-17-10-4-8-13-6-2-1-3-7-13/h1-9,11H,10,12H2. The predicted molar refractivity (Wildman–Crippen MR) is 69.3 cm³/mol. The van der Waals surface area contributed by atoms with E-state index in [1.807, 2.05) is 42.5 Å². The number of carbonyl (C=O) groups is 1. The number of ether oxygens (including phenoxy) is 1. The van der Waals surface area contributed by atoms with Crippen molar-refractivity contribution in [2.24, 2.45) is 0 Å². The maximum absolute atomic E-state index is 11.5. The van der Waals surface area contributed by atoms with Crippen molar-refractivity contribution in [3.63, 3.8) is 0 Å². The molecule has 0 aliphatic heterocycles. The molecular formula is C15H14O3. The van der Waals surface area contributed by atoms with Gasteiger partial charge in [-0.1, -0.05) is 42.5 Å². The van der Waals surface area contributed by atoms with E-state index in [4.69, 9.17) is 9.15 Å². The highest BCUT2D eigenvalue weighted by Crippen LogP contribution is 2.02. The SMILES string of the molecule is O=C(COCC=Cc1ccccc1)c1ccco1. The van der Waals surface area contributed by atoms with Gasteiger partial charge in [0.1, 0.15) is 6.61 Å². The van der Waals surface area contributed by atoms with Crippen molar-refractivity contribution in [1.82, 2.24) is 0 Å². The molecule has 0 aliphatic carbocycles. The maximum Gasteiger partial charge on any atom is 0.223 e. The minimum atomic E-state index is -0.145. The first-order chi connectivity index (χ1) is 8.86. The second-order valence-corrected chi connectivity index (χ2v) is 3.73. The molecule has 1 heterocycles. The fraction of sp³-hybridized carbons (Fsp3) is 0.133. The van der Waals surface area contributed by atoms with Crippen LogP contribution in [0.2, 0.25) is 0 Å².